The van der Waals surface area contributed by atoms with E-state index in [0.29, 0.717) is 0 Å². The molecule has 0 bridgehead atoms. The number of aryl methyl sites for hydroxylation is 1. The Labute approximate surface area is 136 Å². The maximum atomic E-state index is 4.97. The summed E-state index contributed by atoms with van der Waals surface area (Å²) in [4.78, 5) is 7.50. The van der Waals surface area contributed by atoms with Crippen LogP contribution in [0.3, 0.4) is 0 Å². The van der Waals surface area contributed by atoms with Gasteiger partial charge in [-0.1, -0.05) is 42.5 Å². The normalized spacial score (nSPS) is 17.4. The molecule has 2 aromatic carbocycles. The van der Waals surface area contributed by atoms with Crippen LogP contribution in [0.1, 0.15) is 17.4 Å². The molecule has 23 heavy (non-hydrogen) atoms. The van der Waals surface area contributed by atoms with Crippen LogP contribution in [0.4, 0.5) is 0 Å². The van der Waals surface area contributed by atoms with Gasteiger partial charge in [-0.05, 0) is 17.7 Å². The van der Waals surface area contributed by atoms with Crippen LogP contribution in [-0.2, 0) is 7.05 Å². The Hall–Kier alpha value is -2.17. The Morgan fingerprint density at radius 1 is 0.957 bits per heavy atom. The third kappa shape index (κ3) is 2.64. The van der Waals surface area contributed by atoms with E-state index in [1.807, 2.05) is 0 Å². The number of piperazine rings is 1. The molecule has 118 valence electrons. The van der Waals surface area contributed by atoms with Crippen LogP contribution in [0.5, 0.6) is 0 Å². The van der Waals surface area contributed by atoms with E-state index in [0.717, 1.165) is 37.5 Å². The summed E-state index contributed by atoms with van der Waals surface area (Å²) >= 11 is 0. The monoisotopic (exact) mass is 306 g/mol. The van der Waals surface area contributed by atoms with E-state index in [-0.39, 0.29) is 6.04 Å². The number of imidazole rings is 1. The summed E-state index contributed by atoms with van der Waals surface area (Å²) in [6, 6.07) is 19.3. The van der Waals surface area contributed by atoms with Crippen LogP contribution in [0.15, 0.2) is 54.6 Å². The standard InChI is InChI=1S/C19H22N4/c1-22-17-10-6-5-9-16(17)21-19(22)18(15-7-3-2-4-8-15)23-13-11-20-12-14-23/h2-10,18,20H,11-14H2,1H3. The number of nitrogens with one attached hydrogen (secondary N) is 1. The Kier molecular flexibility index (Phi) is 3.85. The van der Waals surface area contributed by atoms with Crippen molar-refractivity contribution >= 4 is 11.0 Å². The zero-order chi connectivity index (χ0) is 15.6. The van der Waals surface area contributed by atoms with E-state index in [2.05, 4.69) is 76.4 Å². The summed E-state index contributed by atoms with van der Waals surface area (Å²) in [5.74, 6) is 1.12. The third-order valence-electron chi connectivity index (χ3n) is 4.70. The van der Waals surface area contributed by atoms with Crippen LogP contribution in [-0.4, -0.2) is 40.6 Å². The second-order valence-electron chi connectivity index (χ2n) is 6.12. The molecular formula is C19H22N4. The van der Waals surface area contributed by atoms with Gasteiger partial charge in [0.05, 0.1) is 17.1 Å². The van der Waals surface area contributed by atoms with E-state index in [9.17, 15) is 0 Å². The van der Waals surface area contributed by atoms with Gasteiger partial charge >= 0.3 is 0 Å². The minimum absolute atomic E-state index is 0.204. The first-order valence-corrected chi connectivity index (χ1v) is 8.25. The number of para-hydroxylation sites is 2. The van der Waals surface area contributed by atoms with E-state index < -0.39 is 0 Å². The van der Waals surface area contributed by atoms with Crippen molar-refractivity contribution in [3.8, 4) is 0 Å². The summed E-state index contributed by atoms with van der Waals surface area (Å²) in [5.41, 5.74) is 3.58. The molecule has 1 atom stereocenters. The van der Waals surface area contributed by atoms with Gasteiger partial charge in [0.25, 0.3) is 0 Å². The lowest BCUT2D eigenvalue weighted by atomic mass is 10.0. The van der Waals surface area contributed by atoms with Crippen molar-refractivity contribution in [2.24, 2.45) is 7.05 Å². The molecule has 4 heteroatoms. The molecule has 1 N–H and O–H groups in total. The fourth-order valence-electron chi connectivity index (χ4n) is 3.51. The molecule has 1 saturated heterocycles. The largest absolute Gasteiger partial charge is 0.329 e. The van der Waals surface area contributed by atoms with E-state index in [1.54, 1.807) is 0 Å². The lowest BCUT2D eigenvalue weighted by Gasteiger charge is -2.34. The minimum Gasteiger partial charge on any atom is -0.329 e. The predicted octanol–water partition coefficient (Wildman–Crippen LogP) is 2.57. The van der Waals surface area contributed by atoms with Gasteiger partial charge in [0.1, 0.15) is 5.82 Å². The Morgan fingerprint density at radius 3 is 2.39 bits per heavy atom. The molecule has 1 unspecified atom stereocenters. The number of rotatable bonds is 3. The third-order valence-corrected chi connectivity index (χ3v) is 4.70. The first kappa shape index (κ1) is 14.4. The summed E-state index contributed by atoms with van der Waals surface area (Å²) in [6.07, 6.45) is 0. The van der Waals surface area contributed by atoms with Crippen molar-refractivity contribution in [3.63, 3.8) is 0 Å². The zero-order valence-corrected chi connectivity index (χ0v) is 13.4. The number of hydrogen-bond donors (Lipinski definition) is 1. The fourth-order valence-corrected chi connectivity index (χ4v) is 3.51. The van der Waals surface area contributed by atoms with Gasteiger partial charge in [0.15, 0.2) is 0 Å². The van der Waals surface area contributed by atoms with Crippen molar-refractivity contribution < 1.29 is 0 Å². The first-order valence-electron chi connectivity index (χ1n) is 8.25. The minimum atomic E-state index is 0.204. The summed E-state index contributed by atoms with van der Waals surface area (Å²) in [5, 5.41) is 3.44. The van der Waals surface area contributed by atoms with Gasteiger partial charge in [-0.15, -0.1) is 0 Å². The molecule has 4 nitrogen and oxygen atoms in total. The summed E-state index contributed by atoms with van der Waals surface area (Å²) < 4.78 is 2.25. The lowest BCUT2D eigenvalue weighted by Crippen LogP contribution is -2.46. The fraction of sp³-hybridized carbons (Fsp3) is 0.316. The number of fused-ring (bicyclic) bond motifs is 1. The van der Waals surface area contributed by atoms with Gasteiger partial charge in [0.2, 0.25) is 0 Å². The van der Waals surface area contributed by atoms with E-state index in [1.165, 1.54) is 11.1 Å². The van der Waals surface area contributed by atoms with Gasteiger partial charge < -0.3 is 9.88 Å². The number of nitrogens with zero attached hydrogens (tertiary/aromatic N) is 3. The quantitative estimate of drug-likeness (QED) is 0.807. The van der Waals surface area contributed by atoms with Crippen molar-refractivity contribution in [1.82, 2.24) is 19.8 Å². The average molecular weight is 306 g/mol. The molecule has 1 aromatic heterocycles. The highest BCUT2D eigenvalue weighted by Gasteiger charge is 2.27. The SMILES string of the molecule is Cn1c(C(c2ccccc2)N2CCNCC2)nc2ccccc21. The number of hydrogen-bond acceptors (Lipinski definition) is 3. The zero-order valence-electron chi connectivity index (χ0n) is 13.4. The molecule has 1 fully saturated rings. The lowest BCUT2D eigenvalue weighted by molar-refractivity contribution is 0.190. The van der Waals surface area contributed by atoms with E-state index in [4.69, 9.17) is 4.98 Å². The second kappa shape index (κ2) is 6.14. The van der Waals surface area contributed by atoms with Gasteiger partial charge in [-0.25, -0.2) is 4.98 Å². The maximum Gasteiger partial charge on any atom is 0.131 e. The first-order chi connectivity index (χ1) is 11.3. The van der Waals surface area contributed by atoms with Crippen molar-refractivity contribution in [3.05, 3.63) is 66.0 Å². The maximum absolute atomic E-state index is 4.97. The van der Waals surface area contributed by atoms with Gasteiger partial charge in [-0.2, -0.15) is 0 Å². The number of benzene rings is 2. The Bertz CT molecular complexity index is 787. The molecule has 4 rings (SSSR count). The Balaban J connectivity index is 1.84. The molecule has 1 aliphatic rings. The van der Waals surface area contributed by atoms with E-state index >= 15 is 0 Å². The van der Waals surface area contributed by atoms with Crippen molar-refractivity contribution in [2.45, 2.75) is 6.04 Å². The highest BCUT2D eigenvalue weighted by molar-refractivity contribution is 5.76. The predicted molar refractivity (Wildman–Crippen MR) is 93.4 cm³/mol. The molecule has 0 radical (unpaired) electrons. The average Bonchev–Trinajstić information content (AvgIpc) is 2.94. The molecule has 3 aromatic rings. The topological polar surface area (TPSA) is 33.1 Å². The molecule has 0 amide bonds. The molecule has 0 saturated carbocycles. The van der Waals surface area contributed by atoms with Crippen LogP contribution < -0.4 is 5.32 Å². The van der Waals surface area contributed by atoms with Crippen molar-refractivity contribution in [1.29, 1.82) is 0 Å². The summed E-state index contributed by atoms with van der Waals surface area (Å²) in [6.45, 7) is 4.16. The smallest absolute Gasteiger partial charge is 0.131 e. The van der Waals surface area contributed by atoms with Crippen LogP contribution in [0, 0.1) is 0 Å². The molecule has 2 heterocycles. The molecular weight excluding hydrogens is 284 g/mol. The van der Waals surface area contributed by atoms with Crippen LogP contribution in [0.25, 0.3) is 11.0 Å². The second-order valence-corrected chi connectivity index (χ2v) is 6.12. The van der Waals surface area contributed by atoms with Crippen molar-refractivity contribution in [2.75, 3.05) is 26.2 Å². The molecule has 1 aliphatic heterocycles. The molecule has 0 spiro atoms. The van der Waals surface area contributed by atoms with Gasteiger partial charge in [0, 0.05) is 33.2 Å². The van der Waals surface area contributed by atoms with Crippen LogP contribution in [0.2, 0.25) is 0 Å². The number of aromatic nitrogens is 2. The highest BCUT2D eigenvalue weighted by Crippen LogP contribution is 2.30. The molecule has 0 aliphatic carbocycles. The van der Waals surface area contributed by atoms with Gasteiger partial charge in [-0.3, -0.25) is 4.90 Å². The summed E-state index contributed by atoms with van der Waals surface area (Å²) in [7, 11) is 2.13. The highest BCUT2D eigenvalue weighted by atomic mass is 15.2. The van der Waals surface area contributed by atoms with Crippen LogP contribution >= 0.6 is 0 Å². The Morgan fingerprint density at radius 2 is 1.65 bits per heavy atom.